The van der Waals surface area contributed by atoms with Gasteiger partial charge in [-0.2, -0.15) is 5.10 Å². The van der Waals surface area contributed by atoms with Crippen LogP contribution in [-0.4, -0.2) is 42.3 Å². The molecule has 1 aliphatic rings. The Labute approximate surface area is 95.8 Å². The molecule has 1 aliphatic heterocycles. The fourth-order valence-electron chi connectivity index (χ4n) is 1.98. The first kappa shape index (κ1) is 11.6. The molecule has 0 aromatic carbocycles. The van der Waals surface area contributed by atoms with Gasteiger partial charge in [-0.3, -0.25) is 4.68 Å². The van der Waals surface area contributed by atoms with Gasteiger partial charge in [-0.05, 0) is 24.9 Å². The second-order valence-corrected chi connectivity index (χ2v) is 6.56. The minimum absolute atomic E-state index is 0.140. The van der Waals surface area contributed by atoms with E-state index in [9.17, 15) is 8.42 Å². The van der Waals surface area contributed by atoms with Gasteiger partial charge < -0.3 is 5.32 Å². The summed E-state index contributed by atoms with van der Waals surface area (Å²) in [6.07, 6.45) is 5.46. The maximum Gasteiger partial charge on any atom is 0.151 e. The van der Waals surface area contributed by atoms with Crippen molar-refractivity contribution in [2.24, 2.45) is 7.05 Å². The molecule has 0 radical (unpaired) electrons. The van der Waals surface area contributed by atoms with Crippen LogP contribution in [0, 0.1) is 0 Å². The fraction of sp³-hybridized carbons (Fsp3) is 0.700. The van der Waals surface area contributed by atoms with Crippen molar-refractivity contribution in [3.63, 3.8) is 0 Å². The first-order valence-electron chi connectivity index (χ1n) is 5.46. The molecular weight excluding hydrogens is 226 g/mol. The van der Waals surface area contributed by atoms with Gasteiger partial charge in [0.05, 0.1) is 17.7 Å². The third-order valence-electron chi connectivity index (χ3n) is 2.84. The van der Waals surface area contributed by atoms with E-state index in [1.807, 2.05) is 19.4 Å². The molecule has 0 aliphatic carbocycles. The van der Waals surface area contributed by atoms with Crippen LogP contribution in [0.2, 0.25) is 0 Å². The van der Waals surface area contributed by atoms with Gasteiger partial charge in [0.2, 0.25) is 0 Å². The molecule has 0 bridgehead atoms. The van der Waals surface area contributed by atoms with Crippen LogP contribution in [-0.2, 0) is 23.3 Å². The van der Waals surface area contributed by atoms with Gasteiger partial charge in [0, 0.05) is 19.3 Å². The van der Waals surface area contributed by atoms with E-state index in [1.165, 1.54) is 5.56 Å². The number of hydrogen-bond acceptors (Lipinski definition) is 4. The fourth-order valence-corrected chi connectivity index (χ4v) is 3.69. The molecule has 16 heavy (non-hydrogen) atoms. The molecule has 90 valence electrons. The van der Waals surface area contributed by atoms with Gasteiger partial charge in [-0.1, -0.05) is 0 Å². The number of aromatic nitrogens is 2. The van der Waals surface area contributed by atoms with E-state index in [2.05, 4.69) is 10.4 Å². The van der Waals surface area contributed by atoms with Crippen LogP contribution in [0.1, 0.15) is 12.0 Å². The SMILES string of the molecule is Cn1cc(CCNC2CCS(=O)(=O)C2)cn1. The van der Waals surface area contributed by atoms with Crippen LogP contribution >= 0.6 is 0 Å². The minimum atomic E-state index is -2.77. The lowest BCUT2D eigenvalue weighted by atomic mass is 10.2. The quantitative estimate of drug-likeness (QED) is 0.791. The molecule has 1 fully saturated rings. The summed E-state index contributed by atoms with van der Waals surface area (Å²) in [5.41, 5.74) is 1.18. The Kier molecular flexibility index (Phi) is 3.30. The van der Waals surface area contributed by atoms with Gasteiger partial charge in [0.15, 0.2) is 9.84 Å². The van der Waals surface area contributed by atoms with Gasteiger partial charge in [0.25, 0.3) is 0 Å². The van der Waals surface area contributed by atoms with Crippen LogP contribution in [0.15, 0.2) is 12.4 Å². The summed E-state index contributed by atoms with van der Waals surface area (Å²) in [6, 6.07) is 0.140. The predicted molar refractivity (Wildman–Crippen MR) is 62.0 cm³/mol. The average Bonchev–Trinajstić information content (AvgIpc) is 2.73. The van der Waals surface area contributed by atoms with Gasteiger partial charge in [-0.25, -0.2) is 8.42 Å². The molecule has 6 heteroatoms. The topological polar surface area (TPSA) is 64.0 Å². The Balaban J connectivity index is 1.73. The zero-order valence-corrected chi connectivity index (χ0v) is 10.2. The molecule has 1 aromatic rings. The van der Waals surface area contributed by atoms with E-state index in [4.69, 9.17) is 0 Å². The van der Waals surface area contributed by atoms with Crippen LogP contribution in [0.4, 0.5) is 0 Å². The Morgan fingerprint density at radius 3 is 3.00 bits per heavy atom. The normalized spacial score (nSPS) is 23.7. The maximum absolute atomic E-state index is 11.2. The lowest BCUT2D eigenvalue weighted by molar-refractivity contribution is 0.557. The van der Waals surface area contributed by atoms with Gasteiger partial charge >= 0.3 is 0 Å². The molecule has 2 rings (SSSR count). The van der Waals surface area contributed by atoms with Crippen molar-refractivity contribution < 1.29 is 8.42 Å². The van der Waals surface area contributed by atoms with E-state index in [-0.39, 0.29) is 6.04 Å². The lowest BCUT2D eigenvalue weighted by Gasteiger charge is -2.09. The van der Waals surface area contributed by atoms with E-state index in [0.717, 1.165) is 19.4 Å². The third kappa shape index (κ3) is 3.05. The van der Waals surface area contributed by atoms with E-state index in [0.29, 0.717) is 11.5 Å². The molecule has 1 aromatic heterocycles. The van der Waals surface area contributed by atoms with Crippen molar-refractivity contribution in [1.29, 1.82) is 0 Å². The Bertz CT molecular complexity index is 452. The van der Waals surface area contributed by atoms with Crippen molar-refractivity contribution in [3.8, 4) is 0 Å². The molecule has 0 saturated carbocycles. The highest BCUT2D eigenvalue weighted by atomic mass is 32.2. The first-order valence-corrected chi connectivity index (χ1v) is 7.29. The third-order valence-corrected chi connectivity index (χ3v) is 4.61. The van der Waals surface area contributed by atoms with Crippen LogP contribution in [0.3, 0.4) is 0 Å². The van der Waals surface area contributed by atoms with Crippen LogP contribution in [0.25, 0.3) is 0 Å². The molecule has 1 N–H and O–H groups in total. The van der Waals surface area contributed by atoms with E-state index < -0.39 is 9.84 Å². The Morgan fingerprint density at radius 2 is 2.44 bits per heavy atom. The summed E-state index contributed by atoms with van der Waals surface area (Å²) in [4.78, 5) is 0. The molecule has 1 atom stereocenters. The summed E-state index contributed by atoms with van der Waals surface area (Å²) in [5.74, 6) is 0.623. The molecule has 0 spiro atoms. The Morgan fingerprint density at radius 1 is 1.62 bits per heavy atom. The van der Waals surface area contributed by atoms with Crippen molar-refractivity contribution in [3.05, 3.63) is 18.0 Å². The van der Waals surface area contributed by atoms with Gasteiger partial charge in [-0.15, -0.1) is 0 Å². The molecule has 0 amide bonds. The summed E-state index contributed by atoms with van der Waals surface area (Å²) in [6.45, 7) is 0.811. The summed E-state index contributed by atoms with van der Waals surface area (Å²) in [7, 11) is -0.876. The first-order chi connectivity index (χ1) is 7.55. The molecule has 2 heterocycles. The number of sulfone groups is 1. The number of rotatable bonds is 4. The summed E-state index contributed by atoms with van der Waals surface area (Å²) in [5, 5.41) is 7.36. The molecular formula is C10H17N3O2S. The van der Waals surface area contributed by atoms with Crippen molar-refractivity contribution in [2.75, 3.05) is 18.1 Å². The molecule has 1 unspecified atom stereocenters. The zero-order valence-electron chi connectivity index (χ0n) is 9.39. The van der Waals surface area contributed by atoms with Crippen LogP contribution in [0.5, 0.6) is 0 Å². The van der Waals surface area contributed by atoms with Crippen LogP contribution < -0.4 is 5.32 Å². The highest BCUT2D eigenvalue weighted by Crippen LogP contribution is 2.11. The second-order valence-electron chi connectivity index (χ2n) is 4.33. The number of nitrogens with zero attached hydrogens (tertiary/aromatic N) is 2. The van der Waals surface area contributed by atoms with Crippen molar-refractivity contribution in [2.45, 2.75) is 18.9 Å². The maximum atomic E-state index is 11.2. The monoisotopic (exact) mass is 243 g/mol. The Hall–Kier alpha value is -0.880. The van der Waals surface area contributed by atoms with E-state index in [1.54, 1.807) is 4.68 Å². The van der Waals surface area contributed by atoms with Crippen molar-refractivity contribution >= 4 is 9.84 Å². The summed E-state index contributed by atoms with van der Waals surface area (Å²) >= 11 is 0. The molecule has 5 nitrogen and oxygen atoms in total. The van der Waals surface area contributed by atoms with Crippen molar-refractivity contribution in [1.82, 2.24) is 15.1 Å². The number of hydrogen-bond donors (Lipinski definition) is 1. The minimum Gasteiger partial charge on any atom is -0.313 e. The lowest BCUT2D eigenvalue weighted by Crippen LogP contribution is -2.31. The number of nitrogens with one attached hydrogen (secondary N) is 1. The smallest absolute Gasteiger partial charge is 0.151 e. The zero-order chi connectivity index (χ0) is 11.6. The second kappa shape index (κ2) is 4.55. The molecule has 1 saturated heterocycles. The highest BCUT2D eigenvalue weighted by molar-refractivity contribution is 7.91. The standard InChI is InChI=1S/C10H17N3O2S/c1-13-7-9(6-12-13)2-4-11-10-3-5-16(14,15)8-10/h6-7,10-11H,2-5,8H2,1H3. The number of aryl methyl sites for hydroxylation is 1. The predicted octanol–water partition coefficient (Wildman–Crippen LogP) is -0.261. The highest BCUT2D eigenvalue weighted by Gasteiger charge is 2.26. The van der Waals surface area contributed by atoms with E-state index >= 15 is 0 Å². The van der Waals surface area contributed by atoms with Gasteiger partial charge in [0.1, 0.15) is 0 Å². The largest absolute Gasteiger partial charge is 0.313 e. The average molecular weight is 243 g/mol. The summed E-state index contributed by atoms with van der Waals surface area (Å²) < 4.78 is 24.2.